The van der Waals surface area contributed by atoms with Crippen molar-refractivity contribution in [3.63, 3.8) is 0 Å². The van der Waals surface area contributed by atoms with Crippen molar-refractivity contribution >= 4 is 39.0 Å². The van der Waals surface area contributed by atoms with Gasteiger partial charge in [-0.25, -0.2) is 0 Å². The Kier molecular flexibility index (Phi) is 5.37. The van der Waals surface area contributed by atoms with Gasteiger partial charge in [-0.1, -0.05) is 12.1 Å². The maximum Gasteiger partial charge on any atom is 0.408 e. The third kappa shape index (κ3) is 4.16. The Morgan fingerprint density at radius 1 is 1.16 bits per heavy atom. The third-order valence-electron chi connectivity index (χ3n) is 5.21. The van der Waals surface area contributed by atoms with Crippen molar-refractivity contribution in [3.05, 3.63) is 65.2 Å². The Hall–Kier alpha value is -3.82. The Bertz CT molecular complexity index is 1370. The van der Waals surface area contributed by atoms with Crippen LogP contribution in [0.25, 0.3) is 21.7 Å². The predicted molar refractivity (Wildman–Crippen MR) is 116 cm³/mol. The molecule has 4 aromatic rings. The highest BCUT2D eigenvalue weighted by atomic mass is 19.4. The highest BCUT2D eigenvalue weighted by Gasteiger charge is 2.36. The number of hydrogen-bond donors (Lipinski definition) is 2. The first-order chi connectivity index (χ1) is 15.1. The molecule has 0 aliphatic heterocycles. The van der Waals surface area contributed by atoms with Gasteiger partial charge in [-0.05, 0) is 42.6 Å². The molecule has 0 saturated carbocycles. The average Bonchev–Trinajstić information content (AvgIpc) is 3.09. The summed E-state index contributed by atoms with van der Waals surface area (Å²) >= 11 is 0. The number of hydrogen-bond acceptors (Lipinski definition) is 4. The zero-order valence-corrected chi connectivity index (χ0v) is 17.3. The minimum atomic E-state index is -4.56. The van der Waals surface area contributed by atoms with E-state index in [1.54, 1.807) is 35.1 Å². The number of aromatic nitrogens is 3. The van der Waals surface area contributed by atoms with Crippen LogP contribution in [0.15, 0.2) is 59.7 Å². The van der Waals surface area contributed by atoms with Crippen molar-refractivity contribution in [1.29, 1.82) is 0 Å². The van der Waals surface area contributed by atoms with E-state index in [9.17, 15) is 22.8 Å². The molecule has 0 aliphatic rings. The lowest BCUT2D eigenvalue weighted by atomic mass is 10.1. The SMILES string of the molecule is C[C@H](NC(=O)Cn1ccc2cccc(Nc3ccc4c(cnn4C)c3)c2c1=O)C(F)(F)F. The molecule has 2 aromatic carbocycles. The number of nitrogens with one attached hydrogen (secondary N) is 2. The van der Waals surface area contributed by atoms with Gasteiger partial charge in [-0.2, -0.15) is 18.3 Å². The number of pyridine rings is 1. The molecule has 0 aliphatic carbocycles. The summed E-state index contributed by atoms with van der Waals surface area (Å²) in [5.41, 5.74) is 1.73. The third-order valence-corrected chi connectivity index (χ3v) is 5.21. The number of aryl methyl sites for hydroxylation is 1. The number of anilines is 2. The van der Waals surface area contributed by atoms with E-state index >= 15 is 0 Å². The molecule has 0 spiro atoms. The molecule has 4 rings (SSSR count). The molecule has 10 heteroatoms. The molecule has 0 saturated heterocycles. The Morgan fingerprint density at radius 2 is 1.94 bits per heavy atom. The Morgan fingerprint density at radius 3 is 2.69 bits per heavy atom. The number of carbonyl (C=O) groups excluding carboxylic acids is 1. The van der Waals surface area contributed by atoms with Gasteiger partial charge >= 0.3 is 6.18 Å². The van der Waals surface area contributed by atoms with Crippen molar-refractivity contribution in [1.82, 2.24) is 19.7 Å². The van der Waals surface area contributed by atoms with E-state index in [4.69, 9.17) is 0 Å². The molecule has 1 atom stereocenters. The van der Waals surface area contributed by atoms with Crippen LogP contribution in [0.5, 0.6) is 0 Å². The first-order valence-corrected chi connectivity index (χ1v) is 9.80. The van der Waals surface area contributed by atoms with Crippen molar-refractivity contribution in [2.45, 2.75) is 25.7 Å². The smallest absolute Gasteiger partial charge is 0.355 e. The summed E-state index contributed by atoms with van der Waals surface area (Å²) < 4.78 is 40.9. The Balaban J connectivity index is 1.65. The molecule has 166 valence electrons. The van der Waals surface area contributed by atoms with E-state index in [1.165, 1.54) is 6.20 Å². The second kappa shape index (κ2) is 8.03. The Labute approximate surface area is 180 Å². The quantitative estimate of drug-likeness (QED) is 0.493. The van der Waals surface area contributed by atoms with Gasteiger partial charge in [0.2, 0.25) is 5.91 Å². The number of halogens is 3. The molecule has 0 radical (unpaired) electrons. The van der Waals surface area contributed by atoms with Gasteiger partial charge < -0.3 is 15.2 Å². The molecule has 2 N–H and O–H groups in total. The highest BCUT2D eigenvalue weighted by Crippen LogP contribution is 2.26. The van der Waals surface area contributed by atoms with Crippen LogP contribution in [0, 0.1) is 0 Å². The van der Waals surface area contributed by atoms with Gasteiger partial charge in [0.15, 0.2) is 0 Å². The number of amides is 1. The van der Waals surface area contributed by atoms with Gasteiger partial charge in [-0.3, -0.25) is 14.3 Å². The first kappa shape index (κ1) is 21.4. The first-order valence-electron chi connectivity index (χ1n) is 9.80. The minimum absolute atomic E-state index is 0.331. The fraction of sp³-hybridized carbons (Fsp3) is 0.227. The largest absolute Gasteiger partial charge is 0.408 e. The summed E-state index contributed by atoms with van der Waals surface area (Å²) in [5, 5.41) is 11.2. The van der Waals surface area contributed by atoms with E-state index in [2.05, 4.69) is 10.4 Å². The van der Waals surface area contributed by atoms with Crippen LogP contribution >= 0.6 is 0 Å². The zero-order valence-electron chi connectivity index (χ0n) is 17.3. The van der Waals surface area contributed by atoms with Crippen molar-refractivity contribution in [2.75, 3.05) is 5.32 Å². The molecule has 1 amide bonds. The lowest BCUT2D eigenvalue weighted by molar-refractivity contribution is -0.158. The second-order valence-electron chi connectivity index (χ2n) is 7.52. The van der Waals surface area contributed by atoms with Crippen LogP contribution in [0.4, 0.5) is 24.5 Å². The van der Waals surface area contributed by atoms with Gasteiger partial charge in [0.05, 0.1) is 22.8 Å². The van der Waals surface area contributed by atoms with Gasteiger partial charge in [0.1, 0.15) is 12.6 Å². The lowest BCUT2D eigenvalue weighted by Gasteiger charge is -2.17. The fourth-order valence-electron chi connectivity index (χ4n) is 3.48. The molecular weight excluding hydrogens is 423 g/mol. The minimum Gasteiger partial charge on any atom is -0.355 e. The van der Waals surface area contributed by atoms with E-state index in [-0.39, 0.29) is 0 Å². The fourth-order valence-corrected chi connectivity index (χ4v) is 3.48. The van der Waals surface area contributed by atoms with Crippen LogP contribution < -0.4 is 16.2 Å². The molecule has 7 nitrogen and oxygen atoms in total. The summed E-state index contributed by atoms with van der Waals surface area (Å²) in [7, 11) is 1.84. The summed E-state index contributed by atoms with van der Waals surface area (Å²) in [5.74, 6) is -0.899. The van der Waals surface area contributed by atoms with Crippen LogP contribution in [0.3, 0.4) is 0 Å². The normalized spacial score (nSPS) is 12.8. The predicted octanol–water partition coefficient (Wildman–Crippen LogP) is 3.70. The van der Waals surface area contributed by atoms with Gasteiger partial charge in [0, 0.05) is 24.3 Å². The van der Waals surface area contributed by atoms with E-state index in [0.29, 0.717) is 16.5 Å². The molecule has 2 aromatic heterocycles. The van der Waals surface area contributed by atoms with E-state index in [1.807, 2.05) is 30.6 Å². The van der Waals surface area contributed by atoms with Crippen LogP contribution in [0.1, 0.15) is 6.92 Å². The van der Waals surface area contributed by atoms with Gasteiger partial charge in [-0.15, -0.1) is 0 Å². The summed E-state index contributed by atoms with van der Waals surface area (Å²) in [6, 6.07) is 10.6. The van der Waals surface area contributed by atoms with Crippen molar-refractivity contribution in [2.24, 2.45) is 7.05 Å². The van der Waals surface area contributed by atoms with Crippen molar-refractivity contribution < 1.29 is 18.0 Å². The molecule has 0 unspecified atom stereocenters. The average molecular weight is 443 g/mol. The highest BCUT2D eigenvalue weighted by molar-refractivity contribution is 5.95. The summed E-state index contributed by atoms with van der Waals surface area (Å²) in [6.45, 7) is 0.327. The topological polar surface area (TPSA) is 81.0 Å². The summed E-state index contributed by atoms with van der Waals surface area (Å²) in [4.78, 5) is 25.1. The molecule has 2 heterocycles. The number of carbonyl (C=O) groups is 1. The maximum atomic E-state index is 13.1. The van der Waals surface area contributed by atoms with E-state index < -0.39 is 30.2 Å². The zero-order chi connectivity index (χ0) is 23.0. The molecule has 0 fully saturated rings. The number of nitrogens with zero attached hydrogens (tertiary/aromatic N) is 3. The molecule has 0 bridgehead atoms. The summed E-state index contributed by atoms with van der Waals surface area (Å²) in [6.07, 6.45) is -1.43. The number of alkyl halides is 3. The van der Waals surface area contributed by atoms with Gasteiger partial charge in [0.25, 0.3) is 5.56 Å². The molecular formula is C22H20F3N5O2. The van der Waals surface area contributed by atoms with Crippen molar-refractivity contribution in [3.8, 4) is 0 Å². The van der Waals surface area contributed by atoms with Crippen LogP contribution in [-0.4, -0.2) is 32.5 Å². The van der Waals surface area contributed by atoms with E-state index in [0.717, 1.165) is 28.1 Å². The molecule has 32 heavy (non-hydrogen) atoms. The van der Waals surface area contributed by atoms with Crippen LogP contribution in [-0.2, 0) is 18.4 Å². The maximum absolute atomic E-state index is 13.1. The second-order valence-corrected chi connectivity index (χ2v) is 7.52. The lowest BCUT2D eigenvalue weighted by Crippen LogP contribution is -2.45. The monoisotopic (exact) mass is 443 g/mol. The number of rotatable bonds is 5. The van der Waals surface area contributed by atoms with Crippen LogP contribution in [0.2, 0.25) is 0 Å². The number of fused-ring (bicyclic) bond motifs is 2. The number of benzene rings is 2. The standard InChI is InChI=1S/C22H20F3N5O2/c1-13(22(23,24)25)27-19(31)12-30-9-8-14-4-3-5-17(20(14)21(30)32)28-16-6-7-18-15(10-16)11-26-29(18)2/h3-11,13,28H,12H2,1-2H3,(H,27,31)/t13-/m0/s1.